The molecule has 0 amide bonds. The Morgan fingerprint density at radius 3 is 3.00 bits per heavy atom. The van der Waals surface area contributed by atoms with Crippen LogP contribution in [0.2, 0.25) is 10.0 Å². The Bertz CT molecular complexity index is 1260. The van der Waals surface area contributed by atoms with Gasteiger partial charge in [-0.2, -0.15) is 4.98 Å². The van der Waals surface area contributed by atoms with Crippen LogP contribution in [0.15, 0.2) is 36.2 Å². The van der Waals surface area contributed by atoms with Crippen LogP contribution in [0.3, 0.4) is 0 Å². The molecule has 0 aliphatic rings. The number of aromatic amines is 1. The van der Waals surface area contributed by atoms with E-state index in [-0.39, 0.29) is 0 Å². The van der Waals surface area contributed by atoms with E-state index >= 15 is 0 Å². The first kappa shape index (κ1) is 15.5. The minimum absolute atomic E-state index is 0.408. The summed E-state index contributed by atoms with van der Waals surface area (Å²) < 4.78 is 1.72. The van der Waals surface area contributed by atoms with E-state index in [1.165, 1.54) is 17.7 Å². The molecule has 128 valence electrons. The van der Waals surface area contributed by atoms with Crippen LogP contribution >= 0.6 is 34.5 Å². The number of anilines is 2. The van der Waals surface area contributed by atoms with E-state index in [0.29, 0.717) is 37.9 Å². The van der Waals surface area contributed by atoms with Gasteiger partial charge >= 0.3 is 0 Å². The molecule has 5 rings (SSSR count). The van der Waals surface area contributed by atoms with Crippen LogP contribution in [0.4, 0.5) is 11.8 Å². The SMILES string of the molecule is Clc1ccc(Cl)c(-c2csc3nc(Nc4ncnc5nc[nH]c45)nn23)c1. The molecule has 11 heteroatoms. The minimum atomic E-state index is 0.408. The van der Waals surface area contributed by atoms with E-state index in [0.717, 1.165) is 11.3 Å². The molecular weight excluding hydrogens is 395 g/mol. The van der Waals surface area contributed by atoms with Gasteiger partial charge in [-0.25, -0.2) is 19.5 Å². The zero-order chi connectivity index (χ0) is 17.7. The van der Waals surface area contributed by atoms with Gasteiger partial charge in [0.1, 0.15) is 11.8 Å². The van der Waals surface area contributed by atoms with Crippen molar-refractivity contribution in [1.82, 2.24) is 34.5 Å². The summed E-state index contributed by atoms with van der Waals surface area (Å²) in [5.74, 6) is 0.957. The lowest BCUT2D eigenvalue weighted by molar-refractivity contribution is 0.987. The van der Waals surface area contributed by atoms with Gasteiger partial charge in [-0.05, 0) is 18.2 Å². The zero-order valence-electron chi connectivity index (χ0n) is 12.8. The Balaban J connectivity index is 1.58. The molecular formula is C15H8Cl2N8S. The van der Waals surface area contributed by atoms with Crippen molar-refractivity contribution in [3.05, 3.63) is 46.3 Å². The third-order valence-electron chi connectivity index (χ3n) is 3.74. The number of aromatic nitrogens is 7. The van der Waals surface area contributed by atoms with Gasteiger partial charge < -0.3 is 10.3 Å². The lowest BCUT2D eigenvalue weighted by Gasteiger charge is -2.03. The van der Waals surface area contributed by atoms with E-state index in [1.807, 2.05) is 5.38 Å². The van der Waals surface area contributed by atoms with Crippen molar-refractivity contribution in [2.45, 2.75) is 0 Å². The fraction of sp³-hybridized carbons (Fsp3) is 0. The van der Waals surface area contributed by atoms with E-state index < -0.39 is 0 Å². The summed E-state index contributed by atoms with van der Waals surface area (Å²) in [7, 11) is 0. The average molecular weight is 403 g/mol. The van der Waals surface area contributed by atoms with Crippen molar-refractivity contribution in [1.29, 1.82) is 0 Å². The minimum Gasteiger partial charge on any atom is -0.340 e. The maximum atomic E-state index is 6.32. The van der Waals surface area contributed by atoms with Crippen LogP contribution in [0.1, 0.15) is 0 Å². The van der Waals surface area contributed by atoms with Crippen LogP contribution in [0.25, 0.3) is 27.4 Å². The Morgan fingerprint density at radius 1 is 1.15 bits per heavy atom. The molecule has 0 spiro atoms. The van der Waals surface area contributed by atoms with Crippen molar-refractivity contribution in [3.63, 3.8) is 0 Å². The maximum Gasteiger partial charge on any atom is 0.249 e. The first-order valence-electron chi connectivity index (χ1n) is 7.40. The second-order valence-electron chi connectivity index (χ2n) is 5.32. The predicted octanol–water partition coefficient (Wildman–Crippen LogP) is 4.17. The number of hydrogen-bond donors (Lipinski definition) is 2. The lowest BCUT2D eigenvalue weighted by atomic mass is 10.2. The summed E-state index contributed by atoms with van der Waals surface area (Å²) in [5, 5.41) is 10.7. The number of nitrogens with one attached hydrogen (secondary N) is 2. The topological polar surface area (TPSA) is 96.7 Å². The summed E-state index contributed by atoms with van der Waals surface area (Å²) in [4.78, 5) is 20.6. The van der Waals surface area contributed by atoms with Crippen molar-refractivity contribution >= 4 is 62.4 Å². The molecule has 5 aromatic rings. The summed E-state index contributed by atoms with van der Waals surface area (Å²) in [5.41, 5.74) is 2.85. The maximum absolute atomic E-state index is 6.32. The van der Waals surface area contributed by atoms with Crippen LogP contribution in [-0.2, 0) is 0 Å². The van der Waals surface area contributed by atoms with Crippen molar-refractivity contribution in [3.8, 4) is 11.3 Å². The summed E-state index contributed by atoms with van der Waals surface area (Å²) >= 11 is 13.9. The van der Waals surface area contributed by atoms with Crippen LogP contribution in [0.5, 0.6) is 0 Å². The largest absolute Gasteiger partial charge is 0.340 e. The van der Waals surface area contributed by atoms with Crippen molar-refractivity contribution < 1.29 is 0 Å². The van der Waals surface area contributed by atoms with Crippen molar-refractivity contribution in [2.75, 3.05) is 5.32 Å². The molecule has 0 saturated heterocycles. The zero-order valence-corrected chi connectivity index (χ0v) is 15.1. The molecule has 1 aromatic carbocycles. The third kappa shape index (κ3) is 2.48. The van der Waals surface area contributed by atoms with Gasteiger partial charge in [0.2, 0.25) is 10.9 Å². The van der Waals surface area contributed by atoms with Crippen LogP contribution in [0, 0.1) is 0 Å². The highest BCUT2D eigenvalue weighted by Gasteiger charge is 2.15. The second kappa shape index (κ2) is 5.90. The fourth-order valence-corrected chi connectivity index (χ4v) is 3.79. The normalized spacial score (nSPS) is 11.5. The second-order valence-corrected chi connectivity index (χ2v) is 7.00. The van der Waals surface area contributed by atoms with E-state index in [4.69, 9.17) is 23.2 Å². The molecule has 0 fully saturated rings. The van der Waals surface area contributed by atoms with Gasteiger partial charge in [-0.3, -0.25) is 0 Å². The number of imidazole rings is 1. The molecule has 0 unspecified atom stereocenters. The highest BCUT2D eigenvalue weighted by Crippen LogP contribution is 2.33. The molecule has 0 saturated carbocycles. The van der Waals surface area contributed by atoms with Gasteiger partial charge in [0, 0.05) is 16.0 Å². The number of nitrogens with zero attached hydrogens (tertiary/aromatic N) is 6. The van der Waals surface area contributed by atoms with Crippen molar-refractivity contribution in [2.24, 2.45) is 0 Å². The number of H-pyrrole nitrogens is 1. The third-order valence-corrected chi connectivity index (χ3v) is 5.12. The first-order valence-corrected chi connectivity index (χ1v) is 9.03. The summed E-state index contributed by atoms with van der Waals surface area (Å²) in [6.45, 7) is 0. The Kier molecular flexibility index (Phi) is 3.52. The molecule has 0 aliphatic carbocycles. The quantitative estimate of drug-likeness (QED) is 0.469. The average Bonchev–Trinajstić information content (AvgIpc) is 3.33. The van der Waals surface area contributed by atoms with Crippen LogP contribution in [-0.4, -0.2) is 34.5 Å². The van der Waals surface area contributed by atoms with E-state index in [1.54, 1.807) is 29.0 Å². The molecule has 4 heterocycles. The molecule has 0 bridgehead atoms. The number of halogens is 2. The van der Waals surface area contributed by atoms with Gasteiger partial charge in [0.15, 0.2) is 11.5 Å². The van der Waals surface area contributed by atoms with Gasteiger partial charge in [-0.15, -0.1) is 16.4 Å². The molecule has 2 N–H and O–H groups in total. The first-order chi connectivity index (χ1) is 12.7. The highest BCUT2D eigenvalue weighted by molar-refractivity contribution is 7.15. The Labute approximate surface area is 159 Å². The lowest BCUT2D eigenvalue weighted by Crippen LogP contribution is -1.98. The van der Waals surface area contributed by atoms with Gasteiger partial charge in [0.25, 0.3) is 0 Å². The van der Waals surface area contributed by atoms with E-state index in [2.05, 4.69) is 35.3 Å². The number of thiazole rings is 1. The predicted molar refractivity (Wildman–Crippen MR) is 101 cm³/mol. The Morgan fingerprint density at radius 2 is 2.08 bits per heavy atom. The number of hydrogen-bond acceptors (Lipinski definition) is 7. The molecule has 26 heavy (non-hydrogen) atoms. The van der Waals surface area contributed by atoms with Gasteiger partial charge in [0.05, 0.1) is 17.0 Å². The monoisotopic (exact) mass is 402 g/mol. The molecule has 0 aliphatic heterocycles. The van der Waals surface area contributed by atoms with Gasteiger partial charge in [-0.1, -0.05) is 23.2 Å². The number of benzene rings is 1. The molecule has 0 atom stereocenters. The summed E-state index contributed by atoms with van der Waals surface area (Å²) in [6.07, 6.45) is 2.99. The van der Waals surface area contributed by atoms with E-state index in [9.17, 15) is 0 Å². The van der Waals surface area contributed by atoms with Crippen LogP contribution < -0.4 is 5.32 Å². The number of rotatable bonds is 3. The smallest absolute Gasteiger partial charge is 0.249 e. The standard InChI is InChI=1S/C15H8Cl2N8S/c16-7-1-2-9(17)8(3-7)10-4-26-15-23-14(24-25(10)15)22-13-11-12(19-5-18-11)20-6-21-13/h1-6H,(H2,18,19,20,21,22,24). The molecule has 8 nitrogen and oxygen atoms in total. The summed E-state index contributed by atoms with van der Waals surface area (Å²) in [6, 6.07) is 5.31. The fourth-order valence-electron chi connectivity index (χ4n) is 2.58. The molecule has 4 aromatic heterocycles. The Hall–Kier alpha value is -2.75. The highest BCUT2D eigenvalue weighted by atomic mass is 35.5. The molecule has 0 radical (unpaired) electrons. The number of fused-ring (bicyclic) bond motifs is 2.